The zero-order valence-electron chi connectivity index (χ0n) is 11.0. The van der Waals surface area contributed by atoms with Crippen molar-refractivity contribution in [1.82, 2.24) is 9.97 Å². The summed E-state index contributed by atoms with van der Waals surface area (Å²) in [6.45, 7) is 0. The number of nitrogens with zero attached hydrogens (tertiary/aromatic N) is 2. The highest BCUT2D eigenvalue weighted by atomic mass is 32.2. The number of alkyl halides is 1. The van der Waals surface area contributed by atoms with Crippen molar-refractivity contribution in [3.05, 3.63) is 18.6 Å². The van der Waals surface area contributed by atoms with Crippen LogP contribution in [0.5, 0.6) is 0 Å². The second kappa shape index (κ2) is 6.18. The van der Waals surface area contributed by atoms with E-state index in [0.29, 0.717) is 5.82 Å². The van der Waals surface area contributed by atoms with Crippen LogP contribution < -0.4 is 10.5 Å². The number of primary sulfonamides is 1. The molecule has 0 spiro atoms. The van der Waals surface area contributed by atoms with Gasteiger partial charge in [0.05, 0.1) is 12.1 Å². The van der Waals surface area contributed by atoms with Crippen LogP contribution in [-0.4, -0.2) is 52.4 Å². The largest absolute Gasteiger partial charge is 0.390 e. The van der Waals surface area contributed by atoms with Crippen LogP contribution in [0.2, 0.25) is 0 Å². The molecule has 10 heteroatoms. The molecular formula is C11H17FN4O4S. The summed E-state index contributed by atoms with van der Waals surface area (Å²) in [5, 5.41) is 27.5. The quantitative estimate of drug-likeness (QED) is 0.544. The summed E-state index contributed by atoms with van der Waals surface area (Å²) in [5.74, 6) is -0.266. The fourth-order valence-electron chi connectivity index (χ4n) is 2.44. The third kappa shape index (κ3) is 3.84. The van der Waals surface area contributed by atoms with Gasteiger partial charge in [-0.3, -0.25) is 0 Å². The summed E-state index contributed by atoms with van der Waals surface area (Å²) in [7, 11) is -4.31. The number of aliphatic hydroxyl groups excluding tert-OH is 2. The van der Waals surface area contributed by atoms with Gasteiger partial charge in [0.1, 0.15) is 18.2 Å². The maximum atomic E-state index is 13.5. The predicted molar refractivity (Wildman–Crippen MR) is 72.2 cm³/mol. The Labute approximate surface area is 121 Å². The van der Waals surface area contributed by atoms with Crippen molar-refractivity contribution in [2.45, 2.75) is 36.6 Å². The number of rotatable bonds is 5. The van der Waals surface area contributed by atoms with Gasteiger partial charge < -0.3 is 15.5 Å². The Bertz CT molecular complexity index is 573. The zero-order valence-corrected chi connectivity index (χ0v) is 11.8. The van der Waals surface area contributed by atoms with Crippen molar-refractivity contribution in [3.8, 4) is 0 Å². The molecule has 5 atom stereocenters. The number of hydrogen-bond donors (Lipinski definition) is 4. The fraction of sp³-hybridized carbons (Fsp3) is 0.636. The van der Waals surface area contributed by atoms with E-state index in [1.165, 1.54) is 12.5 Å². The van der Waals surface area contributed by atoms with Crippen LogP contribution in [0.4, 0.5) is 10.2 Å². The van der Waals surface area contributed by atoms with Crippen molar-refractivity contribution in [2.75, 3.05) is 5.32 Å². The van der Waals surface area contributed by atoms with E-state index in [0.717, 1.165) is 0 Å². The van der Waals surface area contributed by atoms with Crippen LogP contribution >= 0.6 is 0 Å². The Morgan fingerprint density at radius 1 is 1.48 bits per heavy atom. The molecule has 0 saturated heterocycles. The highest BCUT2D eigenvalue weighted by Gasteiger charge is 2.43. The molecule has 1 saturated carbocycles. The topological polar surface area (TPSA) is 138 Å². The van der Waals surface area contributed by atoms with Gasteiger partial charge in [-0.05, 0) is 24.8 Å². The molecular weight excluding hydrogens is 303 g/mol. The SMILES string of the molecule is NS(=O)(=O)C(F)C[C@H]1C[C@@H](Nc2ccncn2)[C@H](O)[C@@H]1O. The van der Waals surface area contributed by atoms with E-state index in [9.17, 15) is 23.0 Å². The molecule has 0 aliphatic heterocycles. The molecule has 0 radical (unpaired) electrons. The van der Waals surface area contributed by atoms with Gasteiger partial charge in [0.2, 0.25) is 15.5 Å². The van der Waals surface area contributed by atoms with Gasteiger partial charge in [-0.25, -0.2) is 27.9 Å². The van der Waals surface area contributed by atoms with E-state index in [2.05, 4.69) is 15.3 Å². The van der Waals surface area contributed by atoms with Gasteiger partial charge in [-0.15, -0.1) is 0 Å². The second-order valence-corrected chi connectivity index (χ2v) is 6.75. The molecule has 1 aromatic heterocycles. The van der Waals surface area contributed by atoms with Gasteiger partial charge in [0.25, 0.3) is 0 Å². The maximum absolute atomic E-state index is 13.5. The predicted octanol–water partition coefficient (Wildman–Crippen LogP) is -1.03. The Hall–Kier alpha value is -1.36. The van der Waals surface area contributed by atoms with Crippen LogP contribution in [0.1, 0.15) is 12.8 Å². The van der Waals surface area contributed by atoms with E-state index < -0.39 is 46.1 Å². The Balaban J connectivity index is 2.01. The molecule has 118 valence electrons. The van der Waals surface area contributed by atoms with E-state index in [4.69, 9.17) is 5.14 Å². The fourth-order valence-corrected chi connectivity index (χ4v) is 2.96. The first-order chi connectivity index (χ1) is 9.79. The second-order valence-electron chi connectivity index (χ2n) is 5.06. The molecule has 1 fully saturated rings. The Morgan fingerprint density at radius 3 is 2.76 bits per heavy atom. The number of nitrogens with one attached hydrogen (secondary N) is 1. The monoisotopic (exact) mass is 320 g/mol. The molecule has 8 nitrogen and oxygen atoms in total. The lowest BCUT2D eigenvalue weighted by Crippen LogP contribution is -2.36. The number of aromatic nitrogens is 2. The molecule has 0 aromatic carbocycles. The molecule has 1 aromatic rings. The van der Waals surface area contributed by atoms with Crippen LogP contribution in [0.15, 0.2) is 18.6 Å². The molecule has 0 amide bonds. The first-order valence-electron chi connectivity index (χ1n) is 6.33. The zero-order chi connectivity index (χ0) is 15.6. The number of halogens is 1. The van der Waals surface area contributed by atoms with Crippen LogP contribution in [0.3, 0.4) is 0 Å². The first-order valence-corrected chi connectivity index (χ1v) is 7.94. The van der Waals surface area contributed by atoms with Crippen molar-refractivity contribution in [2.24, 2.45) is 11.1 Å². The highest BCUT2D eigenvalue weighted by molar-refractivity contribution is 7.89. The third-order valence-corrected chi connectivity index (χ3v) is 4.47. The van der Waals surface area contributed by atoms with Gasteiger partial charge >= 0.3 is 0 Å². The molecule has 0 bridgehead atoms. The van der Waals surface area contributed by atoms with E-state index >= 15 is 0 Å². The van der Waals surface area contributed by atoms with E-state index in [-0.39, 0.29) is 6.42 Å². The van der Waals surface area contributed by atoms with Crippen molar-refractivity contribution < 1.29 is 23.0 Å². The van der Waals surface area contributed by atoms with E-state index in [1.54, 1.807) is 6.07 Å². The average molecular weight is 320 g/mol. The van der Waals surface area contributed by atoms with Crippen molar-refractivity contribution >= 4 is 15.8 Å². The summed E-state index contributed by atoms with van der Waals surface area (Å²) in [5.41, 5.74) is -2.26. The Morgan fingerprint density at radius 2 is 2.19 bits per heavy atom. The summed E-state index contributed by atoms with van der Waals surface area (Å²) >= 11 is 0. The summed E-state index contributed by atoms with van der Waals surface area (Å²) in [6, 6.07) is 1.02. The van der Waals surface area contributed by atoms with Gasteiger partial charge in [0, 0.05) is 6.20 Å². The molecule has 1 aliphatic rings. The van der Waals surface area contributed by atoms with E-state index in [1.807, 2.05) is 0 Å². The molecule has 1 unspecified atom stereocenters. The average Bonchev–Trinajstić information content (AvgIpc) is 2.67. The van der Waals surface area contributed by atoms with Gasteiger partial charge in [-0.2, -0.15) is 0 Å². The number of sulfonamides is 1. The van der Waals surface area contributed by atoms with Crippen LogP contribution in [0, 0.1) is 5.92 Å². The number of hydrogen-bond acceptors (Lipinski definition) is 7. The minimum absolute atomic E-state index is 0.197. The summed E-state index contributed by atoms with van der Waals surface area (Å²) in [6.07, 6.45) is 0.169. The highest BCUT2D eigenvalue weighted by Crippen LogP contribution is 2.33. The molecule has 5 N–H and O–H groups in total. The molecule has 1 heterocycles. The minimum Gasteiger partial charge on any atom is -0.390 e. The lowest BCUT2D eigenvalue weighted by molar-refractivity contribution is 0.0133. The maximum Gasteiger partial charge on any atom is 0.241 e. The Kier molecular flexibility index (Phi) is 4.71. The lowest BCUT2D eigenvalue weighted by atomic mass is 10.0. The normalized spacial score (nSPS) is 31.0. The standard InChI is InChI=1S/C11H17FN4O4S/c12-8(21(13,19)20)4-6-3-7(11(18)10(6)17)16-9-1-2-14-5-15-9/h1-2,5-8,10-11,17-18H,3-4H2,(H2,13,19,20)(H,14,15,16)/t6-,7-,8?,10-,11+/m1/s1. The van der Waals surface area contributed by atoms with Gasteiger partial charge in [-0.1, -0.05) is 0 Å². The minimum atomic E-state index is -4.31. The molecule has 2 rings (SSSR count). The summed E-state index contributed by atoms with van der Waals surface area (Å²) in [4.78, 5) is 7.66. The molecule has 1 aliphatic carbocycles. The van der Waals surface area contributed by atoms with Crippen molar-refractivity contribution in [3.63, 3.8) is 0 Å². The van der Waals surface area contributed by atoms with Crippen LogP contribution in [-0.2, 0) is 10.0 Å². The first kappa shape index (κ1) is 16.0. The number of nitrogens with two attached hydrogens (primary N) is 1. The summed E-state index contributed by atoms with van der Waals surface area (Å²) < 4.78 is 35.3. The van der Waals surface area contributed by atoms with Gasteiger partial charge in [0.15, 0.2) is 0 Å². The smallest absolute Gasteiger partial charge is 0.241 e. The van der Waals surface area contributed by atoms with Crippen molar-refractivity contribution in [1.29, 1.82) is 0 Å². The third-order valence-electron chi connectivity index (χ3n) is 3.56. The van der Waals surface area contributed by atoms with Crippen LogP contribution in [0.25, 0.3) is 0 Å². The molecule has 21 heavy (non-hydrogen) atoms. The lowest BCUT2D eigenvalue weighted by Gasteiger charge is -2.18. The number of anilines is 1. The number of aliphatic hydroxyl groups is 2.